The van der Waals surface area contributed by atoms with Crippen molar-refractivity contribution in [1.82, 2.24) is 10.3 Å². The molecule has 0 unspecified atom stereocenters. The molecule has 0 amide bonds. The van der Waals surface area contributed by atoms with Crippen LogP contribution in [0.4, 0.5) is 5.69 Å². The summed E-state index contributed by atoms with van der Waals surface area (Å²) in [6.07, 6.45) is 0. The standard InChI is InChI=1S/C12H15N3O/c1-8-15-11-3-2-10(4-12(11)16-8)14-7-9-5-13-6-9/h2-4,9,13-14H,5-7H2,1H3. The van der Waals surface area contributed by atoms with Gasteiger partial charge in [-0.25, -0.2) is 4.98 Å². The lowest BCUT2D eigenvalue weighted by Gasteiger charge is -2.27. The molecular formula is C12H15N3O. The van der Waals surface area contributed by atoms with E-state index in [1.54, 1.807) is 0 Å². The van der Waals surface area contributed by atoms with Crippen molar-refractivity contribution in [2.45, 2.75) is 6.92 Å². The van der Waals surface area contributed by atoms with Crippen LogP contribution in [0.2, 0.25) is 0 Å². The van der Waals surface area contributed by atoms with E-state index in [-0.39, 0.29) is 0 Å². The normalized spacial score (nSPS) is 16.3. The van der Waals surface area contributed by atoms with Gasteiger partial charge in [0.05, 0.1) is 0 Å². The van der Waals surface area contributed by atoms with Gasteiger partial charge in [-0.15, -0.1) is 0 Å². The van der Waals surface area contributed by atoms with E-state index >= 15 is 0 Å². The highest BCUT2D eigenvalue weighted by molar-refractivity contribution is 5.77. The summed E-state index contributed by atoms with van der Waals surface area (Å²) in [7, 11) is 0. The van der Waals surface area contributed by atoms with Crippen LogP contribution in [0, 0.1) is 12.8 Å². The van der Waals surface area contributed by atoms with E-state index in [1.807, 2.05) is 19.1 Å². The van der Waals surface area contributed by atoms with Crippen LogP contribution < -0.4 is 10.6 Å². The fourth-order valence-electron chi connectivity index (χ4n) is 1.90. The maximum absolute atomic E-state index is 5.49. The van der Waals surface area contributed by atoms with Crippen molar-refractivity contribution < 1.29 is 4.42 Å². The summed E-state index contributed by atoms with van der Waals surface area (Å²) in [5, 5.41) is 6.68. The molecular weight excluding hydrogens is 202 g/mol. The molecule has 0 saturated carbocycles. The number of rotatable bonds is 3. The van der Waals surface area contributed by atoms with E-state index in [0.29, 0.717) is 0 Å². The van der Waals surface area contributed by atoms with Gasteiger partial charge in [-0.2, -0.15) is 0 Å². The second-order valence-corrected chi connectivity index (χ2v) is 4.32. The van der Waals surface area contributed by atoms with Crippen LogP contribution in [0.15, 0.2) is 22.6 Å². The van der Waals surface area contributed by atoms with E-state index < -0.39 is 0 Å². The zero-order valence-electron chi connectivity index (χ0n) is 9.29. The fourth-order valence-corrected chi connectivity index (χ4v) is 1.90. The molecule has 1 fully saturated rings. The molecule has 84 valence electrons. The Hall–Kier alpha value is -1.55. The Labute approximate surface area is 94.0 Å². The number of nitrogens with zero attached hydrogens (tertiary/aromatic N) is 1. The number of benzene rings is 1. The SMILES string of the molecule is Cc1nc2ccc(NCC3CNC3)cc2o1. The molecule has 1 aliphatic rings. The van der Waals surface area contributed by atoms with Gasteiger partial charge < -0.3 is 15.1 Å². The summed E-state index contributed by atoms with van der Waals surface area (Å²) in [5.41, 5.74) is 2.89. The molecule has 1 aromatic heterocycles. The molecule has 2 aromatic rings. The Morgan fingerprint density at radius 3 is 3.12 bits per heavy atom. The Balaban J connectivity index is 1.75. The number of nitrogens with one attached hydrogen (secondary N) is 2. The summed E-state index contributed by atoms with van der Waals surface area (Å²) in [6.45, 7) is 5.13. The maximum Gasteiger partial charge on any atom is 0.192 e. The largest absolute Gasteiger partial charge is 0.441 e. The first-order valence-corrected chi connectivity index (χ1v) is 5.63. The molecule has 2 heterocycles. The van der Waals surface area contributed by atoms with Crippen molar-refractivity contribution in [2.24, 2.45) is 5.92 Å². The Bertz CT molecular complexity index is 502. The Kier molecular flexibility index (Phi) is 2.29. The number of anilines is 1. The summed E-state index contributed by atoms with van der Waals surface area (Å²) in [5.74, 6) is 1.47. The minimum Gasteiger partial charge on any atom is -0.441 e. The van der Waals surface area contributed by atoms with Gasteiger partial charge in [0.25, 0.3) is 0 Å². The van der Waals surface area contributed by atoms with Crippen molar-refractivity contribution in [3.63, 3.8) is 0 Å². The summed E-state index contributed by atoms with van der Waals surface area (Å²) < 4.78 is 5.49. The summed E-state index contributed by atoms with van der Waals surface area (Å²) in [6, 6.07) is 6.06. The third-order valence-corrected chi connectivity index (χ3v) is 2.96. The highest BCUT2D eigenvalue weighted by atomic mass is 16.3. The van der Waals surface area contributed by atoms with E-state index in [0.717, 1.165) is 48.2 Å². The van der Waals surface area contributed by atoms with Crippen LogP contribution in [0.5, 0.6) is 0 Å². The highest BCUT2D eigenvalue weighted by Crippen LogP contribution is 2.20. The van der Waals surface area contributed by atoms with Gasteiger partial charge in [0, 0.05) is 44.2 Å². The number of hydrogen-bond donors (Lipinski definition) is 2. The zero-order chi connectivity index (χ0) is 11.0. The molecule has 1 saturated heterocycles. The van der Waals surface area contributed by atoms with Gasteiger partial charge in [0.15, 0.2) is 11.5 Å². The lowest BCUT2D eigenvalue weighted by molar-refractivity contribution is 0.365. The Morgan fingerprint density at radius 1 is 1.50 bits per heavy atom. The van der Waals surface area contributed by atoms with E-state index in [9.17, 15) is 0 Å². The molecule has 3 rings (SSSR count). The van der Waals surface area contributed by atoms with Gasteiger partial charge in [-0.1, -0.05) is 0 Å². The lowest BCUT2D eigenvalue weighted by Crippen LogP contribution is -2.45. The van der Waals surface area contributed by atoms with Crippen LogP contribution in [0.25, 0.3) is 11.1 Å². The van der Waals surface area contributed by atoms with Crippen LogP contribution in [0.1, 0.15) is 5.89 Å². The van der Waals surface area contributed by atoms with Crippen molar-refractivity contribution in [2.75, 3.05) is 25.0 Å². The number of aromatic nitrogens is 1. The predicted molar refractivity (Wildman–Crippen MR) is 63.6 cm³/mol. The zero-order valence-corrected chi connectivity index (χ0v) is 9.29. The van der Waals surface area contributed by atoms with Crippen LogP contribution in [-0.4, -0.2) is 24.6 Å². The first kappa shape index (κ1) is 9.66. The van der Waals surface area contributed by atoms with Crippen LogP contribution in [0.3, 0.4) is 0 Å². The van der Waals surface area contributed by atoms with Crippen molar-refractivity contribution in [1.29, 1.82) is 0 Å². The first-order chi connectivity index (χ1) is 7.81. The molecule has 0 spiro atoms. The quantitative estimate of drug-likeness (QED) is 0.822. The van der Waals surface area contributed by atoms with Gasteiger partial charge in [-0.05, 0) is 12.1 Å². The lowest BCUT2D eigenvalue weighted by atomic mass is 10.0. The maximum atomic E-state index is 5.49. The number of oxazole rings is 1. The molecule has 1 aromatic carbocycles. The first-order valence-electron chi connectivity index (χ1n) is 5.63. The molecule has 16 heavy (non-hydrogen) atoms. The molecule has 2 N–H and O–H groups in total. The molecule has 4 heteroatoms. The monoisotopic (exact) mass is 217 g/mol. The third-order valence-electron chi connectivity index (χ3n) is 2.96. The number of hydrogen-bond acceptors (Lipinski definition) is 4. The van der Waals surface area contributed by atoms with Crippen molar-refractivity contribution in [3.8, 4) is 0 Å². The van der Waals surface area contributed by atoms with E-state index in [2.05, 4.69) is 21.7 Å². The highest BCUT2D eigenvalue weighted by Gasteiger charge is 2.15. The topological polar surface area (TPSA) is 50.1 Å². The van der Waals surface area contributed by atoms with E-state index in [4.69, 9.17) is 4.42 Å². The van der Waals surface area contributed by atoms with Gasteiger partial charge >= 0.3 is 0 Å². The summed E-state index contributed by atoms with van der Waals surface area (Å²) >= 11 is 0. The average molecular weight is 217 g/mol. The predicted octanol–water partition coefficient (Wildman–Crippen LogP) is 1.77. The smallest absolute Gasteiger partial charge is 0.192 e. The van der Waals surface area contributed by atoms with Gasteiger partial charge in [0.2, 0.25) is 0 Å². The molecule has 0 atom stereocenters. The van der Waals surface area contributed by atoms with Gasteiger partial charge in [0.1, 0.15) is 5.52 Å². The fraction of sp³-hybridized carbons (Fsp3) is 0.417. The molecule has 0 bridgehead atoms. The van der Waals surface area contributed by atoms with Gasteiger partial charge in [-0.3, -0.25) is 0 Å². The van der Waals surface area contributed by atoms with Crippen LogP contribution in [-0.2, 0) is 0 Å². The van der Waals surface area contributed by atoms with E-state index in [1.165, 1.54) is 0 Å². The number of aryl methyl sites for hydroxylation is 1. The molecule has 4 nitrogen and oxygen atoms in total. The Morgan fingerprint density at radius 2 is 2.38 bits per heavy atom. The minimum absolute atomic E-state index is 0.718. The molecule has 1 aliphatic heterocycles. The third kappa shape index (κ3) is 1.76. The summed E-state index contributed by atoms with van der Waals surface area (Å²) in [4.78, 5) is 4.27. The number of fused-ring (bicyclic) bond motifs is 1. The van der Waals surface area contributed by atoms with Crippen molar-refractivity contribution in [3.05, 3.63) is 24.1 Å². The van der Waals surface area contributed by atoms with Crippen LogP contribution >= 0.6 is 0 Å². The minimum atomic E-state index is 0.718. The second kappa shape index (κ2) is 3.79. The second-order valence-electron chi connectivity index (χ2n) is 4.32. The molecule has 0 radical (unpaired) electrons. The average Bonchev–Trinajstić information content (AvgIpc) is 2.55. The molecule has 0 aliphatic carbocycles. The van der Waals surface area contributed by atoms with Crippen molar-refractivity contribution >= 4 is 16.8 Å².